The molecule has 0 aromatic carbocycles. The Bertz CT molecular complexity index is 105. The van der Waals surface area contributed by atoms with Crippen LogP contribution < -0.4 is 0 Å². The lowest BCUT2D eigenvalue weighted by Crippen LogP contribution is -2.34. The number of nitrogens with zero attached hydrogens (tertiary/aromatic N) is 1. The summed E-state index contributed by atoms with van der Waals surface area (Å²) in [6, 6.07) is 0. The molecule has 3 heteroatoms. The van der Waals surface area contributed by atoms with Crippen LogP contribution in [0.15, 0.2) is 0 Å². The number of aliphatic hydroxyl groups excluding tert-OH is 2. The van der Waals surface area contributed by atoms with Gasteiger partial charge in [-0.15, -0.1) is 0 Å². The van der Waals surface area contributed by atoms with Gasteiger partial charge in [0, 0.05) is 19.6 Å². The third kappa shape index (κ3) is 7.77. The molecule has 0 heterocycles. The monoisotopic (exact) mass is 217 g/mol. The second-order valence-electron chi connectivity index (χ2n) is 4.19. The van der Waals surface area contributed by atoms with E-state index in [2.05, 4.69) is 18.7 Å². The summed E-state index contributed by atoms with van der Waals surface area (Å²) in [4.78, 5) is 2.16. The molecule has 0 radical (unpaired) electrons. The smallest absolute Gasteiger partial charge is 0.0558 e. The second kappa shape index (κ2) is 10.4. The predicted molar refractivity (Wildman–Crippen MR) is 63.9 cm³/mol. The molecule has 92 valence electrons. The van der Waals surface area contributed by atoms with Crippen molar-refractivity contribution in [1.29, 1.82) is 0 Å². The van der Waals surface area contributed by atoms with E-state index in [4.69, 9.17) is 10.2 Å². The minimum atomic E-state index is 0.185. The van der Waals surface area contributed by atoms with Crippen LogP contribution in [0, 0.1) is 5.92 Å². The van der Waals surface area contributed by atoms with Crippen molar-refractivity contribution in [3.63, 3.8) is 0 Å². The summed E-state index contributed by atoms with van der Waals surface area (Å²) in [5.74, 6) is 0.720. The maximum Gasteiger partial charge on any atom is 0.0558 e. The number of hydrogen-bond donors (Lipinski definition) is 2. The van der Waals surface area contributed by atoms with Crippen molar-refractivity contribution in [2.75, 3.05) is 32.8 Å². The first-order valence-corrected chi connectivity index (χ1v) is 6.22. The van der Waals surface area contributed by atoms with Crippen LogP contribution in [-0.2, 0) is 0 Å². The summed E-state index contributed by atoms with van der Waals surface area (Å²) in [5, 5.41) is 17.8. The molecular formula is C12H27NO2. The molecule has 0 atom stereocenters. The normalized spacial score (nSPS) is 11.6. The SMILES string of the molecule is CCCC(CCC)CN(CCO)CCO. The number of rotatable bonds is 10. The van der Waals surface area contributed by atoms with Crippen molar-refractivity contribution >= 4 is 0 Å². The van der Waals surface area contributed by atoms with Gasteiger partial charge in [-0.25, -0.2) is 0 Å². The molecule has 0 bridgehead atoms. The third-order valence-corrected chi connectivity index (χ3v) is 2.74. The van der Waals surface area contributed by atoms with Crippen molar-refractivity contribution in [2.45, 2.75) is 39.5 Å². The van der Waals surface area contributed by atoms with E-state index < -0.39 is 0 Å². The molecule has 3 nitrogen and oxygen atoms in total. The van der Waals surface area contributed by atoms with E-state index in [-0.39, 0.29) is 13.2 Å². The summed E-state index contributed by atoms with van der Waals surface area (Å²) in [6.45, 7) is 7.18. The van der Waals surface area contributed by atoms with E-state index in [0.717, 1.165) is 12.5 Å². The van der Waals surface area contributed by atoms with E-state index in [1.807, 2.05) is 0 Å². The summed E-state index contributed by atoms with van der Waals surface area (Å²) >= 11 is 0. The zero-order chi connectivity index (χ0) is 11.5. The molecular weight excluding hydrogens is 190 g/mol. The van der Waals surface area contributed by atoms with Crippen molar-refractivity contribution < 1.29 is 10.2 Å². The molecule has 0 aliphatic rings. The first-order chi connectivity index (χ1) is 7.28. The fourth-order valence-electron chi connectivity index (χ4n) is 2.09. The lowest BCUT2D eigenvalue weighted by molar-refractivity contribution is 0.139. The average molecular weight is 217 g/mol. The quantitative estimate of drug-likeness (QED) is 0.582. The molecule has 0 rings (SSSR count). The lowest BCUT2D eigenvalue weighted by Gasteiger charge is -2.26. The van der Waals surface area contributed by atoms with E-state index in [1.165, 1.54) is 25.7 Å². The molecule has 0 unspecified atom stereocenters. The molecule has 0 amide bonds. The Hall–Kier alpha value is -0.120. The van der Waals surface area contributed by atoms with Crippen molar-refractivity contribution in [3.8, 4) is 0 Å². The highest BCUT2D eigenvalue weighted by molar-refractivity contribution is 4.65. The third-order valence-electron chi connectivity index (χ3n) is 2.74. The predicted octanol–water partition coefficient (Wildman–Crippen LogP) is 1.49. The van der Waals surface area contributed by atoms with Gasteiger partial charge in [-0.2, -0.15) is 0 Å². The maximum absolute atomic E-state index is 8.91. The topological polar surface area (TPSA) is 43.7 Å². The number of aliphatic hydroxyl groups is 2. The van der Waals surface area contributed by atoms with Crippen molar-refractivity contribution in [2.24, 2.45) is 5.92 Å². The minimum absolute atomic E-state index is 0.185. The largest absolute Gasteiger partial charge is 0.395 e. The van der Waals surface area contributed by atoms with Crippen LogP contribution in [-0.4, -0.2) is 48.0 Å². The Kier molecular flexibility index (Phi) is 10.3. The number of hydrogen-bond acceptors (Lipinski definition) is 3. The van der Waals surface area contributed by atoms with Crippen LogP contribution in [0.1, 0.15) is 39.5 Å². The van der Waals surface area contributed by atoms with E-state index in [0.29, 0.717) is 13.1 Å². The van der Waals surface area contributed by atoms with Crippen molar-refractivity contribution in [3.05, 3.63) is 0 Å². The van der Waals surface area contributed by atoms with Gasteiger partial charge in [0.15, 0.2) is 0 Å². The second-order valence-corrected chi connectivity index (χ2v) is 4.19. The van der Waals surface area contributed by atoms with E-state index >= 15 is 0 Å². The Morgan fingerprint density at radius 3 is 1.73 bits per heavy atom. The molecule has 2 N–H and O–H groups in total. The summed E-state index contributed by atoms with van der Waals surface area (Å²) in [6.07, 6.45) is 4.94. The molecule has 15 heavy (non-hydrogen) atoms. The Morgan fingerprint density at radius 1 is 0.933 bits per heavy atom. The molecule has 0 saturated heterocycles. The Labute approximate surface area is 94.1 Å². The van der Waals surface area contributed by atoms with Gasteiger partial charge in [0.05, 0.1) is 13.2 Å². The van der Waals surface area contributed by atoms with Gasteiger partial charge in [-0.1, -0.05) is 26.7 Å². The highest BCUT2D eigenvalue weighted by Gasteiger charge is 2.12. The highest BCUT2D eigenvalue weighted by atomic mass is 16.3. The van der Waals surface area contributed by atoms with Crippen LogP contribution in [0.3, 0.4) is 0 Å². The molecule has 0 aromatic rings. The zero-order valence-electron chi connectivity index (χ0n) is 10.3. The van der Waals surface area contributed by atoms with Gasteiger partial charge in [0.1, 0.15) is 0 Å². The van der Waals surface area contributed by atoms with E-state index in [1.54, 1.807) is 0 Å². The van der Waals surface area contributed by atoms with E-state index in [9.17, 15) is 0 Å². The Balaban J connectivity index is 3.93. The fraction of sp³-hybridized carbons (Fsp3) is 1.00. The highest BCUT2D eigenvalue weighted by Crippen LogP contribution is 2.14. The molecule has 0 spiro atoms. The van der Waals surface area contributed by atoms with Gasteiger partial charge in [-0.3, -0.25) is 4.90 Å². The zero-order valence-corrected chi connectivity index (χ0v) is 10.3. The van der Waals surface area contributed by atoms with Crippen LogP contribution in [0.2, 0.25) is 0 Å². The first kappa shape index (κ1) is 14.9. The van der Waals surface area contributed by atoms with Crippen LogP contribution in [0.25, 0.3) is 0 Å². The van der Waals surface area contributed by atoms with Crippen LogP contribution in [0.5, 0.6) is 0 Å². The summed E-state index contributed by atoms with van der Waals surface area (Å²) in [7, 11) is 0. The Morgan fingerprint density at radius 2 is 1.40 bits per heavy atom. The van der Waals surface area contributed by atoms with Crippen molar-refractivity contribution in [1.82, 2.24) is 4.90 Å². The summed E-state index contributed by atoms with van der Waals surface area (Å²) < 4.78 is 0. The minimum Gasteiger partial charge on any atom is -0.395 e. The molecule has 0 saturated carbocycles. The fourth-order valence-corrected chi connectivity index (χ4v) is 2.09. The molecule has 0 aliphatic carbocycles. The van der Waals surface area contributed by atoms with Gasteiger partial charge in [0.2, 0.25) is 0 Å². The summed E-state index contributed by atoms with van der Waals surface area (Å²) in [5.41, 5.74) is 0. The first-order valence-electron chi connectivity index (χ1n) is 6.22. The molecule has 0 aliphatic heterocycles. The maximum atomic E-state index is 8.91. The van der Waals surface area contributed by atoms with Gasteiger partial charge < -0.3 is 10.2 Å². The molecule has 0 fully saturated rings. The van der Waals surface area contributed by atoms with Gasteiger partial charge in [-0.05, 0) is 18.8 Å². The van der Waals surface area contributed by atoms with Gasteiger partial charge in [0.25, 0.3) is 0 Å². The average Bonchev–Trinajstić information content (AvgIpc) is 2.19. The van der Waals surface area contributed by atoms with Crippen LogP contribution in [0.4, 0.5) is 0 Å². The van der Waals surface area contributed by atoms with Crippen LogP contribution >= 0.6 is 0 Å². The lowest BCUT2D eigenvalue weighted by atomic mass is 9.97. The standard InChI is InChI=1S/C12H27NO2/c1-3-5-12(6-4-2)11-13(7-9-14)8-10-15/h12,14-15H,3-11H2,1-2H3. The van der Waals surface area contributed by atoms with Gasteiger partial charge >= 0.3 is 0 Å². The molecule has 0 aromatic heterocycles.